The third kappa shape index (κ3) is 4.87. The average molecular weight is 431 g/mol. The van der Waals surface area contributed by atoms with E-state index in [1.54, 1.807) is 16.4 Å². The molecular formula is C18H20ClFN2O3S2. The first-order valence-corrected chi connectivity index (χ1v) is 11.3. The Morgan fingerprint density at radius 1 is 1.15 bits per heavy atom. The van der Waals surface area contributed by atoms with E-state index < -0.39 is 21.7 Å². The maximum absolute atomic E-state index is 13.2. The van der Waals surface area contributed by atoms with Crippen LogP contribution in [0, 0.1) is 5.82 Å². The molecule has 1 aliphatic heterocycles. The van der Waals surface area contributed by atoms with Gasteiger partial charge in [-0.25, -0.2) is 12.8 Å². The summed E-state index contributed by atoms with van der Waals surface area (Å²) in [5.41, 5.74) is 0.246. The maximum Gasteiger partial charge on any atom is 0.252 e. The number of benzene rings is 1. The molecular weight excluding hydrogens is 411 g/mol. The molecule has 1 aromatic carbocycles. The molecule has 1 N–H and O–H groups in total. The second kappa shape index (κ2) is 8.68. The van der Waals surface area contributed by atoms with Crippen LogP contribution in [0.25, 0.3) is 0 Å². The number of thiophene rings is 1. The standard InChI is InChI=1S/C18H20ClFN2O3S2/c19-15-11-13(5-7-16(15)20)18(23)21-12-14-6-8-17(26-14)27(24,25)22-9-3-1-2-4-10-22/h5-8,11H,1-4,9-10,12H2,(H,21,23). The zero-order valence-electron chi connectivity index (χ0n) is 14.6. The Morgan fingerprint density at radius 3 is 2.52 bits per heavy atom. The molecule has 1 aromatic heterocycles. The lowest BCUT2D eigenvalue weighted by Crippen LogP contribution is -2.31. The molecule has 9 heteroatoms. The van der Waals surface area contributed by atoms with E-state index in [1.165, 1.54) is 12.1 Å². The van der Waals surface area contributed by atoms with E-state index in [-0.39, 0.29) is 17.1 Å². The Kier molecular flexibility index (Phi) is 6.52. The number of rotatable bonds is 5. The van der Waals surface area contributed by atoms with Gasteiger partial charge in [-0.15, -0.1) is 11.3 Å². The lowest BCUT2D eigenvalue weighted by Gasteiger charge is -2.18. The second-order valence-corrected chi connectivity index (χ2v) is 10.1. The van der Waals surface area contributed by atoms with Crippen LogP contribution in [0.4, 0.5) is 4.39 Å². The van der Waals surface area contributed by atoms with Gasteiger partial charge < -0.3 is 5.32 Å². The van der Waals surface area contributed by atoms with Crippen molar-refractivity contribution in [1.82, 2.24) is 9.62 Å². The van der Waals surface area contributed by atoms with Crippen LogP contribution in [0.15, 0.2) is 34.5 Å². The summed E-state index contributed by atoms with van der Waals surface area (Å²) in [6.45, 7) is 1.29. The number of carbonyl (C=O) groups excluding carboxylic acids is 1. The molecule has 1 amide bonds. The Labute approximate surface area is 167 Å². The molecule has 0 bridgehead atoms. The topological polar surface area (TPSA) is 66.5 Å². The first-order valence-electron chi connectivity index (χ1n) is 8.70. The third-order valence-corrected chi connectivity index (χ3v) is 8.14. The molecule has 0 aliphatic carbocycles. The quantitative estimate of drug-likeness (QED) is 0.778. The van der Waals surface area contributed by atoms with Gasteiger partial charge in [-0.05, 0) is 43.2 Å². The Morgan fingerprint density at radius 2 is 1.85 bits per heavy atom. The molecule has 1 saturated heterocycles. The summed E-state index contributed by atoms with van der Waals surface area (Å²) in [5, 5.41) is 2.58. The number of nitrogens with zero attached hydrogens (tertiary/aromatic N) is 1. The maximum atomic E-state index is 13.2. The number of nitrogens with one attached hydrogen (secondary N) is 1. The molecule has 0 spiro atoms. The zero-order chi connectivity index (χ0) is 19.4. The zero-order valence-corrected chi connectivity index (χ0v) is 17.0. The molecule has 0 radical (unpaired) electrons. The number of amides is 1. The normalized spacial score (nSPS) is 16.1. The second-order valence-electron chi connectivity index (χ2n) is 6.35. The van der Waals surface area contributed by atoms with E-state index in [9.17, 15) is 17.6 Å². The molecule has 1 aliphatic rings. The first-order chi connectivity index (χ1) is 12.9. The van der Waals surface area contributed by atoms with E-state index >= 15 is 0 Å². The Bertz CT molecular complexity index is 922. The smallest absolute Gasteiger partial charge is 0.252 e. The van der Waals surface area contributed by atoms with Crippen LogP contribution in [0.1, 0.15) is 40.9 Å². The van der Waals surface area contributed by atoms with Gasteiger partial charge in [0.25, 0.3) is 15.9 Å². The summed E-state index contributed by atoms with van der Waals surface area (Å²) in [5.74, 6) is -0.989. The van der Waals surface area contributed by atoms with Gasteiger partial charge in [0.2, 0.25) is 0 Å². The molecule has 0 saturated carbocycles. The number of hydrogen-bond acceptors (Lipinski definition) is 4. The van der Waals surface area contributed by atoms with Gasteiger partial charge in [-0.1, -0.05) is 24.4 Å². The van der Waals surface area contributed by atoms with Gasteiger partial charge in [0.05, 0.1) is 11.6 Å². The van der Waals surface area contributed by atoms with Crippen molar-refractivity contribution >= 4 is 38.9 Å². The van der Waals surface area contributed by atoms with Crippen LogP contribution < -0.4 is 5.32 Å². The van der Waals surface area contributed by atoms with E-state index in [4.69, 9.17) is 11.6 Å². The highest BCUT2D eigenvalue weighted by Crippen LogP contribution is 2.27. The minimum atomic E-state index is -3.49. The Balaban J connectivity index is 1.65. The number of hydrogen-bond donors (Lipinski definition) is 1. The number of halogens is 2. The molecule has 2 aromatic rings. The van der Waals surface area contributed by atoms with Crippen molar-refractivity contribution in [2.24, 2.45) is 0 Å². The van der Waals surface area contributed by atoms with E-state index in [0.717, 1.165) is 48.0 Å². The monoisotopic (exact) mass is 430 g/mol. The van der Waals surface area contributed by atoms with Gasteiger partial charge in [0.1, 0.15) is 10.0 Å². The van der Waals surface area contributed by atoms with Gasteiger partial charge in [0, 0.05) is 23.5 Å². The van der Waals surface area contributed by atoms with Crippen molar-refractivity contribution in [2.75, 3.05) is 13.1 Å². The molecule has 0 unspecified atom stereocenters. The van der Waals surface area contributed by atoms with Crippen molar-refractivity contribution in [3.8, 4) is 0 Å². The lowest BCUT2D eigenvalue weighted by atomic mass is 10.2. The highest BCUT2D eigenvalue weighted by atomic mass is 35.5. The van der Waals surface area contributed by atoms with Gasteiger partial charge in [0.15, 0.2) is 0 Å². The fourth-order valence-corrected chi connectivity index (χ4v) is 6.06. The SMILES string of the molecule is O=C(NCc1ccc(S(=O)(=O)N2CCCCCC2)s1)c1ccc(F)c(Cl)c1. The number of carbonyl (C=O) groups is 1. The summed E-state index contributed by atoms with van der Waals surface area (Å²) < 4.78 is 40.6. The molecule has 2 heterocycles. The lowest BCUT2D eigenvalue weighted by molar-refractivity contribution is 0.0951. The van der Waals surface area contributed by atoms with Crippen LogP contribution in [0.3, 0.4) is 0 Å². The van der Waals surface area contributed by atoms with Crippen LogP contribution in [0.2, 0.25) is 5.02 Å². The molecule has 3 rings (SSSR count). The Hall–Kier alpha value is -1.48. The van der Waals surface area contributed by atoms with Crippen LogP contribution in [-0.2, 0) is 16.6 Å². The van der Waals surface area contributed by atoms with E-state index in [2.05, 4.69) is 5.32 Å². The summed E-state index contributed by atoms with van der Waals surface area (Å²) in [6.07, 6.45) is 3.88. The number of sulfonamides is 1. The summed E-state index contributed by atoms with van der Waals surface area (Å²) in [4.78, 5) is 12.9. The summed E-state index contributed by atoms with van der Waals surface area (Å²) in [6, 6.07) is 7.03. The van der Waals surface area contributed by atoms with Crippen molar-refractivity contribution in [3.63, 3.8) is 0 Å². The molecule has 27 heavy (non-hydrogen) atoms. The van der Waals surface area contributed by atoms with Gasteiger partial charge in [-0.2, -0.15) is 4.31 Å². The fraction of sp³-hybridized carbons (Fsp3) is 0.389. The predicted octanol–water partition coefficient (Wildman–Crippen LogP) is 4.04. The van der Waals surface area contributed by atoms with Crippen LogP contribution in [-0.4, -0.2) is 31.7 Å². The average Bonchev–Trinajstić information content (AvgIpc) is 2.95. The van der Waals surface area contributed by atoms with Crippen molar-refractivity contribution < 1.29 is 17.6 Å². The predicted molar refractivity (Wildman–Crippen MR) is 104 cm³/mol. The van der Waals surface area contributed by atoms with Gasteiger partial charge >= 0.3 is 0 Å². The minimum absolute atomic E-state index is 0.121. The largest absolute Gasteiger partial charge is 0.347 e. The highest BCUT2D eigenvalue weighted by molar-refractivity contribution is 7.91. The van der Waals surface area contributed by atoms with E-state index in [0.29, 0.717) is 17.3 Å². The molecule has 146 valence electrons. The third-order valence-electron chi connectivity index (χ3n) is 4.40. The van der Waals surface area contributed by atoms with E-state index in [1.807, 2.05) is 0 Å². The fourth-order valence-electron chi connectivity index (χ4n) is 2.91. The highest BCUT2D eigenvalue weighted by Gasteiger charge is 2.26. The summed E-state index contributed by atoms with van der Waals surface area (Å²) in [7, 11) is -3.49. The van der Waals surface area contributed by atoms with Crippen molar-refractivity contribution in [2.45, 2.75) is 36.4 Å². The molecule has 1 fully saturated rings. The summed E-state index contributed by atoms with van der Waals surface area (Å²) >= 11 is 6.84. The molecule has 5 nitrogen and oxygen atoms in total. The van der Waals surface area contributed by atoms with Crippen LogP contribution in [0.5, 0.6) is 0 Å². The van der Waals surface area contributed by atoms with Gasteiger partial charge in [-0.3, -0.25) is 4.79 Å². The van der Waals surface area contributed by atoms with Crippen molar-refractivity contribution in [3.05, 3.63) is 51.6 Å². The minimum Gasteiger partial charge on any atom is -0.347 e. The van der Waals surface area contributed by atoms with Crippen molar-refractivity contribution in [1.29, 1.82) is 0 Å². The first kappa shape index (κ1) is 20.3. The molecule has 0 atom stereocenters. The van der Waals surface area contributed by atoms with Crippen LogP contribution >= 0.6 is 22.9 Å².